The Morgan fingerprint density at radius 1 is 1.33 bits per heavy atom. The van der Waals surface area contributed by atoms with Gasteiger partial charge in [0.1, 0.15) is 17.4 Å². The topological polar surface area (TPSA) is 84.2 Å². The summed E-state index contributed by atoms with van der Waals surface area (Å²) in [5.41, 5.74) is 1.86. The number of fused-ring (bicyclic) bond motifs is 1. The minimum atomic E-state index is -0.625. The van der Waals surface area contributed by atoms with Crippen molar-refractivity contribution in [2.75, 3.05) is 6.54 Å². The van der Waals surface area contributed by atoms with E-state index < -0.39 is 17.8 Å². The fourth-order valence-corrected chi connectivity index (χ4v) is 3.30. The van der Waals surface area contributed by atoms with Crippen molar-refractivity contribution < 1.29 is 18.4 Å². The first-order valence-electron chi connectivity index (χ1n) is 8.39. The van der Waals surface area contributed by atoms with E-state index in [1.54, 1.807) is 18.2 Å². The molecule has 1 fully saturated rings. The molecule has 138 valence electrons. The summed E-state index contributed by atoms with van der Waals surface area (Å²) in [5.74, 6) is -0.943. The average Bonchev–Trinajstić information content (AvgIpc) is 3.28. The van der Waals surface area contributed by atoms with Crippen molar-refractivity contribution in [2.24, 2.45) is 0 Å². The maximum Gasteiger partial charge on any atom is 0.315 e. The second kappa shape index (κ2) is 7.00. The first-order valence-corrected chi connectivity index (χ1v) is 8.76. The summed E-state index contributed by atoms with van der Waals surface area (Å²) in [5, 5.41) is 5.09. The number of halogens is 2. The molecule has 27 heavy (non-hydrogen) atoms. The summed E-state index contributed by atoms with van der Waals surface area (Å²) in [6.07, 6.45) is 0.0292. The second-order valence-corrected chi connectivity index (χ2v) is 6.73. The summed E-state index contributed by atoms with van der Waals surface area (Å²) >= 11 is 5.93. The van der Waals surface area contributed by atoms with Gasteiger partial charge in [0.15, 0.2) is 11.4 Å². The molecule has 1 aromatic heterocycles. The largest absolute Gasteiger partial charge is 0.440 e. The first kappa shape index (κ1) is 17.5. The molecule has 3 aromatic rings. The van der Waals surface area contributed by atoms with Crippen LogP contribution in [0.5, 0.6) is 0 Å². The number of Topliss-reactive ketones (excluding diaryl/α,β-unsaturated/α-hetero) is 1. The van der Waals surface area contributed by atoms with Crippen molar-refractivity contribution >= 4 is 34.5 Å². The van der Waals surface area contributed by atoms with Crippen LogP contribution in [0.3, 0.4) is 0 Å². The molecule has 2 heterocycles. The van der Waals surface area contributed by atoms with Crippen LogP contribution in [-0.2, 0) is 4.79 Å². The van der Waals surface area contributed by atoms with E-state index in [9.17, 15) is 14.0 Å². The predicted octanol–water partition coefficient (Wildman–Crippen LogP) is 3.39. The second-order valence-electron chi connectivity index (χ2n) is 6.32. The Morgan fingerprint density at radius 2 is 2.15 bits per heavy atom. The van der Waals surface area contributed by atoms with Crippen LogP contribution in [0.2, 0.25) is 5.02 Å². The van der Waals surface area contributed by atoms with E-state index in [1.807, 2.05) is 12.1 Å². The van der Waals surface area contributed by atoms with Crippen molar-refractivity contribution in [1.82, 2.24) is 15.6 Å². The molecule has 0 radical (unpaired) electrons. The lowest BCUT2D eigenvalue weighted by Crippen LogP contribution is -2.35. The Hall–Kier alpha value is -2.93. The molecule has 0 aliphatic carbocycles. The highest BCUT2D eigenvalue weighted by Crippen LogP contribution is 2.32. The monoisotopic (exact) mass is 387 g/mol. The van der Waals surface area contributed by atoms with E-state index >= 15 is 0 Å². The number of nitrogens with zero attached hydrogens (tertiary/aromatic N) is 1. The molecule has 1 saturated heterocycles. The Labute approximate surface area is 158 Å². The minimum absolute atomic E-state index is 0.0292. The van der Waals surface area contributed by atoms with Gasteiger partial charge in [0.25, 0.3) is 0 Å². The number of aromatic nitrogens is 1. The van der Waals surface area contributed by atoms with Crippen LogP contribution in [0, 0.1) is 5.82 Å². The van der Waals surface area contributed by atoms with Crippen molar-refractivity contribution in [2.45, 2.75) is 18.4 Å². The van der Waals surface area contributed by atoms with E-state index in [0.717, 1.165) is 0 Å². The first-order chi connectivity index (χ1) is 13.0. The third-order valence-corrected chi connectivity index (χ3v) is 4.81. The van der Waals surface area contributed by atoms with Crippen LogP contribution >= 0.6 is 11.6 Å². The van der Waals surface area contributed by atoms with Gasteiger partial charge in [0, 0.05) is 13.0 Å². The van der Waals surface area contributed by atoms with Gasteiger partial charge < -0.3 is 15.1 Å². The van der Waals surface area contributed by atoms with Crippen LogP contribution < -0.4 is 10.6 Å². The summed E-state index contributed by atoms with van der Waals surface area (Å²) in [6.45, 7) is 0.224. The molecule has 8 heteroatoms. The molecule has 4 rings (SSSR count). The zero-order valence-electron chi connectivity index (χ0n) is 14.0. The van der Waals surface area contributed by atoms with Crippen molar-refractivity contribution in [3.63, 3.8) is 0 Å². The SMILES string of the molecule is O=C1NC[C@@H](C(=O)CC(c2ccc(F)c(Cl)c2)c2nc3ccccc3o2)N1. The number of nitrogens with one attached hydrogen (secondary N) is 2. The van der Waals surface area contributed by atoms with Crippen LogP contribution in [-0.4, -0.2) is 29.4 Å². The number of carbonyl (C=O) groups is 2. The Morgan fingerprint density at radius 3 is 2.85 bits per heavy atom. The molecule has 2 N–H and O–H groups in total. The lowest BCUT2D eigenvalue weighted by atomic mass is 9.91. The third-order valence-electron chi connectivity index (χ3n) is 4.52. The van der Waals surface area contributed by atoms with Gasteiger partial charge in [-0.25, -0.2) is 14.2 Å². The average molecular weight is 388 g/mol. The van der Waals surface area contributed by atoms with E-state index in [4.69, 9.17) is 16.0 Å². The molecule has 1 aliphatic rings. The lowest BCUT2D eigenvalue weighted by molar-refractivity contribution is -0.120. The highest BCUT2D eigenvalue weighted by atomic mass is 35.5. The number of para-hydroxylation sites is 2. The van der Waals surface area contributed by atoms with Gasteiger partial charge in [-0.15, -0.1) is 0 Å². The number of urea groups is 1. The van der Waals surface area contributed by atoms with Crippen molar-refractivity contribution in [3.05, 3.63) is 64.8 Å². The normalized spacial score (nSPS) is 17.6. The number of ketones is 1. The Bertz CT molecular complexity index is 1000. The highest BCUT2D eigenvalue weighted by Gasteiger charge is 2.31. The number of hydrogen-bond acceptors (Lipinski definition) is 4. The molecule has 0 bridgehead atoms. The van der Waals surface area contributed by atoms with Crippen LogP contribution in [0.1, 0.15) is 23.8 Å². The number of hydrogen-bond donors (Lipinski definition) is 2. The quantitative estimate of drug-likeness (QED) is 0.702. The van der Waals surface area contributed by atoms with Gasteiger partial charge in [-0.3, -0.25) is 4.79 Å². The molecule has 0 saturated carbocycles. The van der Waals surface area contributed by atoms with E-state index in [0.29, 0.717) is 22.6 Å². The lowest BCUT2D eigenvalue weighted by Gasteiger charge is -2.16. The molecule has 1 aliphatic heterocycles. The molecule has 1 unspecified atom stereocenters. The molecule has 0 spiro atoms. The standard InChI is InChI=1S/C19H15ClFN3O3/c20-12-7-10(5-6-13(12)21)11(8-16(25)15-9-22-19(26)24-15)18-23-14-3-1-2-4-17(14)27-18/h1-7,11,15H,8-9H2,(H2,22,24,26)/t11?,15-/m0/s1. The van der Waals surface area contributed by atoms with E-state index in [2.05, 4.69) is 15.6 Å². The Kier molecular flexibility index (Phi) is 4.53. The van der Waals surface area contributed by atoms with Gasteiger partial charge in [-0.1, -0.05) is 29.8 Å². The maximum atomic E-state index is 13.6. The van der Waals surface area contributed by atoms with E-state index in [-0.39, 0.29) is 29.8 Å². The van der Waals surface area contributed by atoms with Gasteiger partial charge >= 0.3 is 6.03 Å². The summed E-state index contributed by atoms with van der Waals surface area (Å²) in [4.78, 5) is 28.5. The fourth-order valence-electron chi connectivity index (χ4n) is 3.11. The van der Waals surface area contributed by atoms with Crippen molar-refractivity contribution in [3.8, 4) is 0 Å². The van der Waals surface area contributed by atoms with E-state index in [1.165, 1.54) is 12.1 Å². The fraction of sp³-hybridized carbons (Fsp3) is 0.211. The molecule has 2 amide bonds. The number of benzene rings is 2. The minimum Gasteiger partial charge on any atom is -0.440 e. The molecule has 2 atom stereocenters. The molecule has 6 nitrogen and oxygen atoms in total. The number of carbonyl (C=O) groups excluding carboxylic acids is 2. The van der Waals surface area contributed by atoms with Gasteiger partial charge in [0.05, 0.1) is 10.9 Å². The zero-order chi connectivity index (χ0) is 19.0. The molecular weight excluding hydrogens is 373 g/mol. The van der Waals surface area contributed by atoms with Gasteiger partial charge in [-0.2, -0.15) is 0 Å². The molecular formula is C19H15ClFN3O3. The third kappa shape index (κ3) is 3.50. The predicted molar refractivity (Wildman–Crippen MR) is 97.2 cm³/mol. The summed E-state index contributed by atoms with van der Waals surface area (Å²) < 4.78 is 19.4. The van der Waals surface area contributed by atoms with Crippen molar-refractivity contribution in [1.29, 1.82) is 0 Å². The molecule has 2 aromatic carbocycles. The smallest absolute Gasteiger partial charge is 0.315 e. The zero-order valence-corrected chi connectivity index (χ0v) is 14.8. The summed E-state index contributed by atoms with van der Waals surface area (Å²) in [6, 6.07) is 10.5. The summed E-state index contributed by atoms with van der Waals surface area (Å²) in [7, 11) is 0. The number of oxazole rings is 1. The maximum absolute atomic E-state index is 13.6. The van der Waals surface area contributed by atoms with Crippen LogP contribution in [0.15, 0.2) is 46.9 Å². The van der Waals surface area contributed by atoms with Crippen LogP contribution in [0.25, 0.3) is 11.1 Å². The van der Waals surface area contributed by atoms with Crippen LogP contribution in [0.4, 0.5) is 9.18 Å². The highest BCUT2D eigenvalue weighted by molar-refractivity contribution is 6.30. The van der Waals surface area contributed by atoms with Gasteiger partial charge in [0.2, 0.25) is 5.89 Å². The number of amides is 2. The number of rotatable bonds is 5. The van der Waals surface area contributed by atoms with Gasteiger partial charge in [-0.05, 0) is 29.8 Å². The Balaban J connectivity index is 1.71.